The average Bonchev–Trinajstić information content (AvgIpc) is 3.25. The normalized spacial score (nSPS) is 14.6. The number of nitrogens with zero attached hydrogens (tertiary/aromatic N) is 1. The van der Waals surface area contributed by atoms with Gasteiger partial charge in [0.2, 0.25) is 0 Å². The van der Waals surface area contributed by atoms with Crippen LogP contribution in [0.3, 0.4) is 0 Å². The second kappa shape index (κ2) is 5.13. The molecule has 3 heteroatoms. The van der Waals surface area contributed by atoms with E-state index in [0.29, 0.717) is 11.8 Å². The first kappa shape index (κ1) is 13.5. The van der Waals surface area contributed by atoms with E-state index in [-0.39, 0.29) is 5.56 Å². The Morgan fingerprint density at radius 1 is 1.20 bits per heavy atom. The van der Waals surface area contributed by atoms with Crippen LogP contribution in [0, 0.1) is 13.8 Å². The highest BCUT2D eigenvalue weighted by Crippen LogP contribution is 2.38. The molecule has 1 fully saturated rings. The molecule has 0 radical (unpaired) electrons. The third kappa shape index (κ3) is 2.31. The number of aryl methyl sites for hydroxylation is 2. The van der Waals surface area contributed by atoms with Gasteiger partial charge in [-0.1, -0.05) is 23.8 Å². The van der Waals surface area contributed by atoms with E-state index < -0.39 is 0 Å². The molecule has 1 heterocycles. The molecule has 2 aromatic rings. The Balaban J connectivity index is 2.26. The number of hydrogen-bond acceptors (Lipinski definition) is 2. The van der Waals surface area contributed by atoms with Gasteiger partial charge in [0.25, 0.3) is 5.56 Å². The van der Waals surface area contributed by atoms with Crippen LogP contribution in [-0.4, -0.2) is 4.57 Å². The van der Waals surface area contributed by atoms with Gasteiger partial charge in [-0.2, -0.15) is 12.6 Å². The maximum absolute atomic E-state index is 12.6. The zero-order chi connectivity index (χ0) is 14.3. The number of thiol groups is 1. The molecule has 0 amide bonds. The molecule has 0 N–H and O–H groups in total. The number of pyridine rings is 1. The Hall–Kier alpha value is -1.48. The molecular weight excluding hydrogens is 266 g/mol. The van der Waals surface area contributed by atoms with Gasteiger partial charge in [0, 0.05) is 22.9 Å². The third-order valence-electron chi connectivity index (χ3n) is 3.95. The standard InChI is InChI=1S/C17H19NOS/c1-11-3-4-12(2)15(9-11)16-8-5-13(10-20)17(19)18(16)14-6-7-14/h3-5,8-9,14,20H,6-7,10H2,1-2H3. The van der Waals surface area contributed by atoms with Crippen molar-refractivity contribution in [1.82, 2.24) is 4.57 Å². The van der Waals surface area contributed by atoms with E-state index in [1.54, 1.807) is 0 Å². The Kier molecular flexibility index (Phi) is 3.47. The van der Waals surface area contributed by atoms with Gasteiger partial charge >= 0.3 is 0 Å². The summed E-state index contributed by atoms with van der Waals surface area (Å²) in [4.78, 5) is 12.6. The Morgan fingerprint density at radius 2 is 1.95 bits per heavy atom. The first-order chi connectivity index (χ1) is 9.61. The lowest BCUT2D eigenvalue weighted by Gasteiger charge is -2.16. The van der Waals surface area contributed by atoms with Crippen LogP contribution in [0.25, 0.3) is 11.3 Å². The van der Waals surface area contributed by atoms with Crippen molar-refractivity contribution in [3.63, 3.8) is 0 Å². The van der Waals surface area contributed by atoms with Gasteiger partial charge in [-0.05, 0) is 44.4 Å². The molecule has 0 spiro atoms. The van der Waals surface area contributed by atoms with Gasteiger partial charge < -0.3 is 4.57 Å². The van der Waals surface area contributed by atoms with Crippen LogP contribution < -0.4 is 5.56 Å². The maximum Gasteiger partial charge on any atom is 0.255 e. The topological polar surface area (TPSA) is 22.0 Å². The van der Waals surface area contributed by atoms with E-state index in [1.807, 2.05) is 10.6 Å². The summed E-state index contributed by atoms with van der Waals surface area (Å²) >= 11 is 4.26. The largest absolute Gasteiger partial charge is 0.305 e. The van der Waals surface area contributed by atoms with E-state index >= 15 is 0 Å². The number of benzene rings is 1. The van der Waals surface area contributed by atoms with Gasteiger partial charge in [-0.3, -0.25) is 4.79 Å². The SMILES string of the molecule is Cc1ccc(C)c(-c2ccc(CS)c(=O)n2C2CC2)c1. The maximum atomic E-state index is 12.6. The quantitative estimate of drug-likeness (QED) is 0.849. The van der Waals surface area contributed by atoms with E-state index in [0.717, 1.165) is 24.1 Å². The molecule has 0 unspecified atom stereocenters. The number of hydrogen-bond donors (Lipinski definition) is 1. The summed E-state index contributed by atoms with van der Waals surface area (Å²) in [6, 6.07) is 10.8. The predicted octanol–water partition coefficient (Wildman–Crippen LogP) is 3.90. The van der Waals surface area contributed by atoms with Crippen LogP contribution >= 0.6 is 12.6 Å². The Morgan fingerprint density at radius 3 is 2.60 bits per heavy atom. The van der Waals surface area contributed by atoms with Crippen LogP contribution in [0.2, 0.25) is 0 Å². The van der Waals surface area contributed by atoms with Crippen LogP contribution in [-0.2, 0) is 5.75 Å². The minimum atomic E-state index is 0.126. The second-order valence-corrected chi connectivity index (χ2v) is 5.94. The van der Waals surface area contributed by atoms with Crippen LogP contribution in [0.1, 0.15) is 35.6 Å². The molecule has 1 aliphatic carbocycles. The fourth-order valence-corrected chi connectivity index (χ4v) is 2.88. The van der Waals surface area contributed by atoms with Crippen molar-refractivity contribution in [3.05, 3.63) is 57.4 Å². The fourth-order valence-electron chi connectivity index (χ4n) is 2.64. The zero-order valence-corrected chi connectivity index (χ0v) is 12.8. The lowest BCUT2D eigenvalue weighted by atomic mass is 10.0. The van der Waals surface area contributed by atoms with Crippen molar-refractivity contribution >= 4 is 12.6 Å². The summed E-state index contributed by atoms with van der Waals surface area (Å²) in [6.45, 7) is 4.19. The molecule has 1 aromatic heterocycles. The van der Waals surface area contributed by atoms with E-state index in [4.69, 9.17) is 0 Å². The summed E-state index contributed by atoms with van der Waals surface area (Å²) in [5.41, 5.74) is 5.56. The summed E-state index contributed by atoms with van der Waals surface area (Å²) in [6.07, 6.45) is 2.21. The van der Waals surface area contributed by atoms with Gasteiger partial charge in [0.05, 0.1) is 5.69 Å². The van der Waals surface area contributed by atoms with Crippen molar-refractivity contribution in [2.24, 2.45) is 0 Å². The molecule has 0 atom stereocenters. The molecule has 1 aromatic carbocycles. The van der Waals surface area contributed by atoms with E-state index in [2.05, 4.69) is 50.7 Å². The van der Waals surface area contributed by atoms with Gasteiger partial charge in [-0.25, -0.2) is 0 Å². The predicted molar refractivity (Wildman–Crippen MR) is 86.6 cm³/mol. The second-order valence-electron chi connectivity index (χ2n) is 5.63. The molecule has 104 valence electrons. The summed E-state index contributed by atoms with van der Waals surface area (Å²) in [5.74, 6) is 0.499. The van der Waals surface area contributed by atoms with Crippen molar-refractivity contribution in [2.45, 2.75) is 38.5 Å². The monoisotopic (exact) mass is 285 g/mol. The molecule has 0 bridgehead atoms. The summed E-state index contributed by atoms with van der Waals surface area (Å²) in [5, 5.41) is 0. The van der Waals surface area contributed by atoms with Crippen molar-refractivity contribution in [1.29, 1.82) is 0 Å². The first-order valence-electron chi connectivity index (χ1n) is 7.04. The molecule has 0 saturated heterocycles. The third-order valence-corrected chi connectivity index (χ3v) is 4.29. The van der Waals surface area contributed by atoms with Gasteiger partial charge in [0.1, 0.15) is 0 Å². The lowest BCUT2D eigenvalue weighted by Crippen LogP contribution is -2.24. The van der Waals surface area contributed by atoms with E-state index in [1.165, 1.54) is 16.7 Å². The molecule has 20 heavy (non-hydrogen) atoms. The molecule has 1 aliphatic rings. The number of aromatic nitrogens is 1. The van der Waals surface area contributed by atoms with Gasteiger partial charge in [0.15, 0.2) is 0 Å². The zero-order valence-electron chi connectivity index (χ0n) is 11.9. The highest BCUT2D eigenvalue weighted by molar-refractivity contribution is 7.79. The number of rotatable bonds is 3. The van der Waals surface area contributed by atoms with E-state index in [9.17, 15) is 4.79 Å². The van der Waals surface area contributed by atoms with Crippen molar-refractivity contribution < 1.29 is 0 Å². The molecule has 1 saturated carbocycles. The van der Waals surface area contributed by atoms with Gasteiger partial charge in [-0.15, -0.1) is 0 Å². The molecular formula is C17H19NOS. The summed E-state index contributed by atoms with van der Waals surface area (Å²) in [7, 11) is 0. The van der Waals surface area contributed by atoms with Crippen molar-refractivity contribution in [3.8, 4) is 11.3 Å². The Bertz CT molecular complexity index is 713. The van der Waals surface area contributed by atoms with Crippen molar-refractivity contribution in [2.75, 3.05) is 0 Å². The minimum Gasteiger partial charge on any atom is -0.305 e. The average molecular weight is 285 g/mol. The minimum absolute atomic E-state index is 0.126. The Labute approximate surface area is 124 Å². The highest BCUT2D eigenvalue weighted by atomic mass is 32.1. The van der Waals surface area contributed by atoms with Crippen LogP contribution in [0.15, 0.2) is 35.1 Å². The lowest BCUT2D eigenvalue weighted by molar-refractivity contribution is 0.709. The highest BCUT2D eigenvalue weighted by Gasteiger charge is 2.28. The fraction of sp³-hybridized carbons (Fsp3) is 0.353. The molecule has 0 aliphatic heterocycles. The molecule has 2 nitrogen and oxygen atoms in total. The summed E-state index contributed by atoms with van der Waals surface area (Å²) < 4.78 is 1.98. The smallest absolute Gasteiger partial charge is 0.255 e. The first-order valence-corrected chi connectivity index (χ1v) is 7.68. The van der Waals surface area contributed by atoms with Crippen LogP contribution in [0.4, 0.5) is 0 Å². The molecule has 3 rings (SSSR count). The van der Waals surface area contributed by atoms with Crippen LogP contribution in [0.5, 0.6) is 0 Å².